The van der Waals surface area contributed by atoms with Crippen molar-refractivity contribution in [1.29, 1.82) is 0 Å². The van der Waals surface area contributed by atoms with Gasteiger partial charge in [0.2, 0.25) is 5.91 Å². The number of fused-ring (bicyclic) bond motifs is 1. The largest absolute Gasteiger partial charge is 0.334 e. The highest BCUT2D eigenvalue weighted by Gasteiger charge is 2.32. The van der Waals surface area contributed by atoms with Crippen LogP contribution in [0.3, 0.4) is 0 Å². The van der Waals surface area contributed by atoms with Gasteiger partial charge in [-0.05, 0) is 73.3 Å². The van der Waals surface area contributed by atoms with Crippen LogP contribution < -0.4 is 0 Å². The summed E-state index contributed by atoms with van der Waals surface area (Å²) in [6.07, 6.45) is 3.64. The van der Waals surface area contributed by atoms with Crippen molar-refractivity contribution in [2.24, 2.45) is 0 Å². The first-order chi connectivity index (χ1) is 13.5. The van der Waals surface area contributed by atoms with Gasteiger partial charge in [0.1, 0.15) is 0 Å². The van der Waals surface area contributed by atoms with Gasteiger partial charge in [-0.2, -0.15) is 0 Å². The van der Waals surface area contributed by atoms with Crippen LogP contribution in [-0.4, -0.2) is 41.9 Å². The van der Waals surface area contributed by atoms with E-state index in [1.807, 2.05) is 23.1 Å². The molecule has 0 radical (unpaired) electrons. The fraction of sp³-hybridized carbons (Fsp3) is 0.409. The van der Waals surface area contributed by atoms with E-state index in [4.69, 9.17) is 34.8 Å². The summed E-state index contributed by atoms with van der Waals surface area (Å²) >= 11 is 18.4. The van der Waals surface area contributed by atoms with Crippen LogP contribution in [0.4, 0.5) is 0 Å². The average Bonchev–Trinajstić information content (AvgIpc) is 3.18. The molecule has 1 fully saturated rings. The van der Waals surface area contributed by atoms with E-state index in [9.17, 15) is 4.79 Å². The Morgan fingerprint density at radius 2 is 1.75 bits per heavy atom. The highest BCUT2D eigenvalue weighted by atomic mass is 35.5. The first-order valence-corrected chi connectivity index (χ1v) is 10.9. The molecule has 3 nitrogen and oxygen atoms in total. The van der Waals surface area contributed by atoms with Crippen LogP contribution in [0.1, 0.15) is 35.6 Å². The van der Waals surface area contributed by atoms with Crippen LogP contribution >= 0.6 is 34.8 Å². The first kappa shape index (κ1) is 20.0. The van der Waals surface area contributed by atoms with Gasteiger partial charge in [0.25, 0.3) is 0 Å². The summed E-state index contributed by atoms with van der Waals surface area (Å²) in [7, 11) is 0. The molecule has 2 aromatic carbocycles. The number of nitrogens with zero attached hydrogens (tertiary/aromatic N) is 2. The molecule has 0 aromatic heterocycles. The summed E-state index contributed by atoms with van der Waals surface area (Å²) in [5, 5.41) is 1.71. The molecule has 1 atom stereocenters. The molecule has 6 heteroatoms. The van der Waals surface area contributed by atoms with Gasteiger partial charge in [0, 0.05) is 18.1 Å². The lowest BCUT2D eigenvalue weighted by atomic mass is 9.91. The van der Waals surface area contributed by atoms with Gasteiger partial charge in [-0.1, -0.05) is 46.9 Å². The molecule has 2 aromatic rings. The number of amides is 1. The molecule has 1 saturated heterocycles. The number of likely N-dealkylation sites (tertiary alicyclic amines) is 1. The third-order valence-electron chi connectivity index (χ3n) is 5.75. The van der Waals surface area contributed by atoms with Gasteiger partial charge in [0.05, 0.1) is 22.5 Å². The Morgan fingerprint density at radius 3 is 2.50 bits per heavy atom. The summed E-state index contributed by atoms with van der Waals surface area (Å²) in [6.45, 7) is 3.79. The molecule has 148 valence electrons. The highest BCUT2D eigenvalue weighted by molar-refractivity contribution is 6.42. The Bertz CT molecular complexity index is 880. The van der Waals surface area contributed by atoms with Crippen molar-refractivity contribution in [2.45, 2.75) is 31.7 Å². The molecule has 2 aliphatic heterocycles. The zero-order valence-electron chi connectivity index (χ0n) is 15.6. The molecule has 0 N–H and O–H groups in total. The van der Waals surface area contributed by atoms with Crippen molar-refractivity contribution in [2.75, 3.05) is 26.2 Å². The quantitative estimate of drug-likeness (QED) is 0.638. The molecular formula is C22H23Cl3N2O. The van der Waals surface area contributed by atoms with Crippen LogP contribution in [0.25, 0.3) is 0 Å². The topological polar surface area (TPSA) is 23.6 Å². The molecule has 4 rings (SSSR count). The predicted molar refractivity (Wildman–Crippen MR) is 115 cm³/mol. The number of halogens is 3. The van der Waals surface area contributed by atoms with Crippen molar-refractivity contribution >= 4 is 40.7 Å². The van der Waals surface area contributed by atoms with E-state index < -0.39 is 0 Å². The number of hydrogen-bond acceptors (Lipinski definition) is 2. The van der Waals surface area contributed by atoms with Gasteiger partial charge in [0.15, 0.2) is 0 Å². The van der Waals surface area contributed by atoms with Gasteiger partial charge < -0.3 is 9.80 Å². The van der Waals surface area contributed by atoms with E-state index >= 15 is 0 Å². The molecular weight excluding hydrogens is 415 g/mol. The molecule has 0 bridgehead atoms. The second kappa shape index (κ2) is 8.62. The standard InChI is InChI=1S/C22H23Cl3N2O/c23-17-5-4-16-7-10-27(21(18(16)13-17)14-26-8-1-2-9-26)22(28)12-15-3-6-19(24)20(25)11-15/h3-6,11,13,21H,1-2,7-10,12,14H2. The van der Waals surface area contributed by atoms with E-state index in [1.165, 1.54) is 24.0 Å². The average molecular weight is 438 g/mol. The lowest BCUT2D eigenvalue weighted by Crippen LogP contribution is -2.45. The third-order valence-corrected chi connectivity index (χ3v) is 6.73. The zero-order valence-corrected chi connectivity index (χ0v) is 17.9. The molecule has 0 spiro atoms. The molecule has 0 aliphatic carbocycles. The minimum absolute atomic E-state index is 0.0378. The fourth-order valence-electron chi connectivity index (χ4n) is 4.30. The van der Waals surface area contributed by atoms with Crippen LogP contribution in [0, 0.1) is 0 Å². The summed E-state index contributed by atoms with van der Waals surface area (Å²) in [5.74, 6) is 0.119. The zero-order chi connectivity index (χ0) is 19.7. The van der Waals surface area contributed by atoms with Gasteiger partial charge in [-0.15, -0.1) is 0 Å². The van der Waals surface area contributed by atoms with E-state index in [0.29, 0.717) is 16.5 Å². The van der Waals surface area contributed by atoms with Crippen LogP contribution in [-0.2, 0) is 17.6 Å². The lowest BCUT2D eigenvalue weighted by Gasteiger charge is -2.39. The van der Waals surface area contributed by atoms with Crippen LogP contribution in [0.5, 0.6) is 0 Å². The fourth-order valence-corrected chi connectivity index (χ4v) is 4.80. The number of carbonyl (C=O) groups excluding carboxylic acids is 1. The molecule has 1 unspecified atom stereocenters. The monoisotopic (exact) mass is 436 g/mol. The summed E-state index contributed by atoms with van der Waals surface area (Å²) in [5.41, 5.74) is 3.37. The SMILES string of the molecule is O=C(Cc1ccc(Cl)c(Cl)c1)N1CCc2ccc(Cl)cc2C1CN1CCCC1. The minimum Gasteiger partial charge on any atom is -0.334 e. The van der Waals surface area contributed by atoms with Crippen molar-refractivity contribution in [3.05, 3.63) is 68.2 Å². The highest BCUT2D eigenvalue weighted by Crippen LogP contribution is 2.34. The summed E-state index contributed by atoms with van der Waals surface area (Å²) in [6, 6.07) is 11.5. The second-order valence-corrected chi connectivity index (χ2v) is 8.88. The first-order valence-electron chi connectivity index (χ1n) is 9.75. The maximum Gasteiger partial charge on any atom is 0.227 e. The number of carbonyl (C=O) groups is 1. The smallest absolute Gasteiger partial charge is 0.227 e. The lowest BCUT2D eigenvalue weighted by molar-refractivity contribution is -0.133. The Hall–Kier alpha value is -1.26. The van der Waals surface area contributed by atoms with E-state index in [-0.39, 0.29) is 11.9 Å². The van der Waals surface area contributed by atoms with Crippen LogP contribution in [0.15, 0.2) is 36.4 Å². The van der Waals surface area contributed by atoms with E-state index in [0.717, 1.165) is 43.2 Å². The maximum atomic E-state index is 13.2. The summed E-state index contributed by atoms with van der Waals surface area (Å²) in [4.78, 5) is 17.7. The Balaban J connectivity index is 1.59. The molecule has 0 saturated carbocycles. The Kier molecular flexibility index (Phi) is 6.17. The number of hydrogen-bond donors (Lipinski definition) is 0. The number of rotatable bonds is 4. The molecule has 2 aliphatic rings. The second-order valence-electron chi connectivity index (χ2n) is 7.63. The van der Waals surface area contributed by atoms with Gasteiger partial charge in [-0.25, -0.2) is 0 Å². The van der Waals surface area contributed by atoms with E-state index in [2.05, 4.69) is 11.0 Å². The Labute approximate surface area is 181 Å². The molecule has 28 heavy (non-hydrogen) atoms. The van der Waals surface area contributed by atoms with Gasteiger partial charge >= 0.3 is 0 Å². The maximum absolute atomic E-state index is 13.2. The van der Waals surface area contributed by atoms with Crippen molar-refractivity contribution < 1.29 is 4.79 Å². The number of benzene rings is 2. The Morgan fingerprint density at radius 1 is 0.964 bits per heavy atom. The third kappa shape index (κ3) is 4.33. The predicted octanol–water partition coefficient (Wildman–Crippen LogP) is 5.41. The summed E-state index contributed by atoms with van der Waals surface area (Å²) < 4.78 is 0. The van der Waals surface area contributed by atoms with Crippen molar-refractivity contribution in [3.8, 4) is 0 Å². The molecule has 2 heterocycles. The minimum atomic E-state index is 0.0378. The van der Waals surface area contributed by atoms with Crippen molar-refractivity contribution in [3.63, 3.8) is 0 Å². The van der Waals surface area contributed by atoms with Crippen LogP contribution in [0.2, 0.25) is 15.1 Å². The van der Waals surface area contributed by atoms with E-state index in [1.54, 1.807) is 12.1 Å². The van der Waals surface area contributed by atoms with Gasteiger partial charge in [-0.3, -0.25) is 4.79 Å². The van der Waals surface area contributed by atoms with Crippen molar-refractivity contribution in [1.82, 2.24) is 9.80 Å². The molecule has 1 amide bonds. The normalized spacial score (nSPS) is 19.7.